The van der Waals surface area contributed by atoms with Crippen molar-refractivity contribution in [1.29, 1.82) is 0 Å². The van der Waals surface area contributed by atoms with Crippen molar-refractivity contribution in [2.75, 3.05) is 11.4 Å². The van der Waals surface area contributed by atoms with Gasteiger partial charge in [0.2, 0.25) is 0 Å². The average Bonchev–Trinajstić information content (AvgIpc) is 2.48. The van der Waals surface area contributed by atoms with Crippen molar-refractivity contribution in [3.8, 4) is 0 Å². The highest BCUT2D eigenvalue weighted by atomic mass is 35.5. The third kappa shape index (κ3) is 2.18. The van der Waals surface area contributed by atoms with Crippen LogP contribution in [0.15, 0.2) is 36.7 Å². The minimum absolute atomic E-state index is 0.0106. The molecule has 1 aromatic heterocycles. The number of aromatic nitrogens is 1. The number of rotatable bonds is 2. The third-order valence-electron chi connectivity index (χ3n) is 3.71. The minimum Gasteiger partial charge on any atom is -0.306 e. The molecule has 0 N–H and O–H groups in total. The largest absolute Gasteiger partial charge is 0.306 e. The van der Waals surface area contributed by atoms with Gasteiger partial charge in [0.25, 0.3) is 5.91 Å². The number of halogens is 1. The first-order chi connectivity index (χ1) is 9.70. The molecule has 3 rings (SSSR count). The van der Waals surface area contributed by atoms with Crippen LogP contribution in [0.3, 0.4) is 0 Å². The molecule has 2 heterocycles. The maximum atomic E-state index is 12.7. The second-order valence-corrected chi connectivity index (χ2v) is 5.30. The van der Waals surface area contributed by atoms with Gasteiger partial charge in [0.05, 0.1) is 11.9 Å². The molecule has 4 heteroatoms. The fourth-order valence-electron chi connectivity index (χ4n) is 2.63. The zero-order valence-corrected chi connectivity index (χ0v) is 12.0. The summed E-state index contributed by atoms with van der Waals surface area (Å²) in [4.78, 5) is 18.6. The molecule has 102 valence electrons. The van der Waals surface area contributed by atoms with Crippen LogP contribution >= 0.6 is 11.6 Å². The molecule has 20 heavy (non-hydrogen) atoms. The van der Waals surface area contributed by atoms with Crippen LogP contribution < -0.4 is 4.90 Å². The van der Waals surface area contributed by atoms with Gasteiger partial charge in [0.1, 0.15) is 0 Å². The van der Waals surface area contributed by atoms with Crippen molar-refractivity contribution in [2.24, 2.45) is 0 Å². The van der Waals surface area contributed by atoms with Gasteiger partial charge in [-0.25, -0.2) is 0 Å². The molecule has 3 nitrogen and oxygen atoms in total. The number of fused-ring (bicyclic) bond motifs is 1. The fraction of sp³-hybridized carbons (Fsp3) is 0.250. The molecule has 0 radical (unpaired) electrons. The summed E-state index contributed by atoms with van der Waals surface area (Å²) in [6.07, 6.45) is 5.26. The Hall–Kier alpha value is -1.87. The van der Waals surface area contributed by atoms with Gasteiger partial charge >= 0.3 is 0 Å². The summed E-state index contributed by atoms with van der Waals surface area (Å²) in [5, 5.41) is 0.598. The monoisotopic (exact) mass is 286 g/mol. The molecule has 0 unspecified atom stereocenters. The number of anilines is 1. The van der Waals surface area contributed by atoms with E-state index in [9.17, 15) is 4.79 Å². The molecule has 1 amide bonds. The van der Waals surface area contributed by atoms with Gasteiger partial charge in [-0.15, -0.1) is 0 Å². The van der Waals surface area contributed by atoms with Crippen molar-refractivity contribution in [2.45, 2.75) is 19.8 Å². The Balaban J connectivity index is 2.04. The maximum Gasteiger partial charge on any atom is 0.258 e. The Labute approximate surface area is 123 Å². The van der Waals surface area contributed by atoms with E-state index in [0.717, 1.165) is 29.7 Å². The van der Waals surface area contributed by atoms with Crippen LogP contribution in [0.25, 0.3) is 0 Å². The van der Waals surface area contributed by atoms with Crippen molar-refractivity contribution in [3.63, 3.8) is 0 Å². The lowest BCUT2D eigenvalue weighted by Gasteiger charge is -2.29. The molecule has 2 aromatic rings. The summed E-state index contributed by atoms with van der Waals surface area (Å²) in [7, 11) is 0. The SMILES string of the molecule is CCc1ccncc1N1CCc2ccc(Cl)cc2C1=O. The van der Waals surface area contributed by atoms with E-state index in [2.05, 4.69) is 11.9 Å². The number of benzene rings is 1. The summed E-state index contributed by atoms with van der Waals surface area (Å²) in [6.45, 7) is 2.77. The molecule has 0 bridgehead atoms. The van der Waals surface area contributed by atoms with Gasteiger partial charge < -0.3 is 4.90 Å². The minimum atomic E-state index is 0.0106. The fourth-order valence-corrected chi connectivity index (χ4v) is 2.80. The molecule has 0 fully saturated rings. The lowest BCUT2D eigenvalue weighted by atomic mass is 9.98. The number of nitrogens with zero attached hydrogens (tertiary/aromatic N) is 2. The molecule has 0 spiro atoms. The number of amides is 1. The third-order valence-corrected chi connectivity index (χ3v) is 3.95. The second-order valence-electron chi connectivity index (χ2n) is 4.87. The van der Waals surface area contributed by atoms with Crippen molar-refractivity contribution < 1.29 is 4.79 Å². The second kappa shape index (κ2) is 5.25. The highest BCUT2D eigenvalue weighted by Crippen LogP contribution is 2.28. The molecule has 0 saturated heterocycles. The van der Waals surface area contributed by atoms with Crippen LogP contribution in [-0.4, -0.2) is 17.4 Å². The molecule has 1 aliphatic rings. The van der Waals surface area contributed by atoms with Crippen LogP contribution in [0.1, 0.15) is 28.4 Å². The van der Waals surface area contributed by atoms with Crippen molar-refractivity contribution >= 4 is 23.2 Å². The molecule has 1 aromatic carbocycles. The molecular weight excluding hydrogens is 272 g/mol. The summed E-state index contributed by atoms with van der Waals surface area (Å²) in [5.41, 5.74) is 3.82. The Morgan fingerprint density at radius 1 is 1.35 bits per heavy atom. The van der Waals surface area contributed by atoms with Gasteiger partial charge in [-0.05, 0) is 42.2 Å². The Bertz CT molecular complexity index is 669. The zero-order valence-electron chi connectivity index (χ0n) is 11.3. The summed E-state index contributed by atoms with van der Waals surface area (Å²) in [5.74, 6) is 0.0106. The van der Waals surface area contributed by atoms with Crippen LogP contribution in [0.5, 0.6) is 0 Å². The van der Waals surface area contributed by atoms with E-state index in [1.54, 1.807) is 18.5 Å². The normalized spacial score (nSPS) is 14.3. The van der Waals surface area contributed by atoms with Gasteiger partial charge in [-0.3, -0.25) is 9.78 Å². The first-order valence-corrected chi connectivity index (χ1v) is 7.11. The zero-order chi connectivity index (χ0) is 14.1. The van der Waals surface area contributed by atoms with E-state index in [4.69, 9.17) is 11.6 Å². The predicted molar refractivity (Wildman–Crippen MR) is 80.4 cm³/mol. The lowest BCUT2D eigenvalue weighted by Crippen LogP contribution is -2.38. The maximum absolute atomic E-state index is 12.7. The lowest BCUT2D eigenvalue weighted by molar-refractivity contribution is 0.0980. The number of hydrogen-bond acceptors (Lipinski definition) is 2. The van der Waals surface area contributed by atoms with E-state index in [1.165, 1.54) is 0 Å². The van der Waals surface area contributed by atoms with Crippen molar-refractivity contribution in [3.05, 3.63) is 58.4 Å². The van der Waals surface area contributed by atoms with Gasteiger partial charge in [0.15, 0.2) is 0 Å². The average molecular weight is 287 g/mol. The van der Waals surface area contributed by atoms with E-state index >= 15 is 0 Å². The highest BCUT2D eigenvalue weighted by Gasteiger charge is 2.26. The predicted octanol–water partition coefficient (Wildman–Crippen LogP) is 3.50. The van der Waals surface area contributed by atoms with E-state index in [1.807, 2.05) is 23.1 Å². The molecule has 0 saturated carbocycles. The van der Waals surface area contributed by atoms with E-state index in [-0.39, 0.29) is 5.91 Å². The number of aryl methyl sites for hydroxylation is 1. The number of pyridine rings is 1. The number of carbonyl (C=O) groups excluding carboxylic acids is 1. The summed E-state index contributed by atoms with van der Waals surface area (Å²) >= 11 is 6.01. The Kier molecular flexibility index (Phi) is 3.45. The Morgan fingerprint density at radius 3 is 3.00 bits per heavy atom. The summed E-state index contributed by atoms with van der Waals surface area (Å²) < 4.78 is 0. The molecule has 1 aliphatic heterocycles. The molecule has 0 atom stereocenters. The standard InChI is InChI=1S/C16H15ClN2O/c1-2-11-5-7-18-10-15(11)19-8-6-12-3-4-13(17)9-14(12)16(19)20/h3-5,7,9-10H,2,6,8H2,1H3. The quantitative estimate of drug-likeness (QED) is 0.846. The molecule has 0 aliphatic carbocycles. The molecular formula is C16H15ClN2O. The van der Waals surface area contributed by atoms with E-state index in [0.29, 0.717) is 17.1 Å². The van der Waals surface area contributed by atoms with Gasteiger partial charge in [-0.2, -0.15) is 0 Å². The number of carbonyl (C=O) groups is 1. The smallest absolute Gasteiger partial charge is 0.258 e. The first kappa shape index (κ1) is 13.1. The van der Waals surface area contributed by atoms with E-state index < -0.39 is 0 Å². The summed E-state index contributed by atoms with van der Waals surface area (Å²) in [6, 6.07) is 7.51. The van der Waals surface area contributed by atoms with Crippen LogP contribution in [0.2, 0.25) is 5.02 Å². The van der Waals surface area contributed by atoms with Gasteiger partial charge in [0, 0.05) is 23.3 Å². The van der Waals surface area contributed by atoms with Crippen LogP contribution in [-0.2, 0) is 12.8 Å². The first-order valence-electron chi connectivity index (χ1n) is 6.74. The van der Waals surface area contributed by atoms with Crippen molar-refractivity contribution in [1.82, 2.24) is 4.98 Å². The Morgan fingerprint density at radius 2 is 2.20 bits per heavy atom. The topological polar surface area (TPSA) is 33.2 Å². The number of hydrogen-bond donors (Lipinski definition) is 0. The van der Waals surface area contributed by atoms with Crippen LogP contribution in [0.4, 0.5) is 5.69 Å². The van der Waals surface area contributed by atoms with Gasteiger partial charge in [-0.1, -0.05) is 24.6 Å². The highest BCUT2D eigenvalue weighted by molar-refractivity contribution is 6.31. The van der Waals surface area contributed by atoms with Crippen LogP contribution in [0, 0.1) is 0 Å².